The van der Waals surface area contributed by atoms with E-state index in [0.717, 1.165) is 49.8 Å². The first kappa shape index (κ1) is 14.3. The fourth-order valence-corrected chi connectivity index (χ4v) is 2.56. The first-order valence-corrected chi connectivity index (χ1v) is 7.03. The van der Waals surface area contributed by atoms with E-state index in [0.29, 0.717) is 0 Å². The monoisotopic (exact) mass is 266 g/mol. The molecule has 0 amide bonds. The van der Waals surface area contributed by atoms with Crippen LogP contribution in [-0.4, -0.2) is 33.3 Å². The Morgan fingerprint density at radius 2 is 2.16 bits per heavy atom. The third-order valence-electron chi connectivity index (χ3n) is 3.71. The van der Waals surface area contributed by atoms with E-state index in [4.69, 9.17) is 4.74 Å². The lowest BCUT2D eigenvalue weighted by molar-refractivity contribution is 0.357. The summed E-state index contributed by atoms with van der Waals surface area (Å²) >= 11 is 0. The zero-order valence-electron chi connectivity index (χ0n) is 11.5. The molecular formula is C15H23FN2O. The number of nitrogens with one attached hydrogen (secondary N) is 2. The second-order valence-corrected chi connectivity index (χ2v) is 5.10. The summed E-state index contributed by atoms with van der Waals surface area (Å²) in [6.07, 6.45) is 3.29. The van der Waals surface area contributed by atoms with Crippen molar-refractivity contribution in [1.82, 2.24) is 10.6 Å². The molecule has 0 bridgehead atoms. The number of rotatable bonds is 6. The van der Waals surface area contributed by atoms with Gasteiger partial charge in [-0.3, -0.25) is 0 Å². The van der Waals surface area contributed by atoms with Gasteiger partial charge in [-0.15, -0.1) is 0 Å². The molecule has 1 aliphatic heterocycles. The normalized spacial score (nSPS) is 16.5. The number of ether oxygens (including phenoxy) is 1. The zero-order valence-corrected chi connectivity index (χ0v) is 11.5. The molecule has 0 aromatic heterocycles. The van der Waals surface area contributed by atoms with Gasteiger partial charge in [0, 0.05) is 0 Å². The van der Waals surface area contributed by atoms with Crippen LogP contribution in [0.2, 0.25) is 0 Å². The van der Waals surface area contributed by atoms with Gasteiger partial charge in [0.15, 0.2) is 0 Å². The van der Waals surface area contributed by atoms with Crippen molar-refractivity contribution < 1.29 is 9.13 Å². The Labute approximate surface area is 114 Å². The van der Waals surface area contributed by atoms with Gasteiger partial charge >= 0.3 is 0 Å². The predicted molar refractivity (Wildman–Crippen MR) is 75.1 cm³/mol. The highest BCUT2D eigenvalue weighted by Crippen LogP contribution is 2.19. The molecule has 0 unspecified atom stereocenters. The molecule has 106 valence electrons. The molecule has 2 N–H and O–H groups in total. The molecule has 0 aliphatic carbocycles. The minimum atomic E-state index is -0.200. The summed E-state index contributed by atoms with van der Waals surface area (Å²) in [4.78, 5) is 0. The van der Waals surface area contributed by atoms with E-state index in [1.165, 1.54) is 18.9 Å². The second kappa shape index (κ2) is 7.46. The molecule has 2 rings (SSSR count). The van der Waals surface area contributed by atoms with Gasteiger partial charge in [-0.05, 0) is 75.1 Å². The number of benzene rings is 1. The van der Waals surface area contributed by atoms with Crippen molar-refractivity contribution in [2.24, 2.45) is 5.92 Å². The average molecular weight is 266 g/mol. The van der Waals surface area contributed by atoms with Crippen molar-refractivity contribution in [2.75, 3.05) is 33.3 Å². The van der Waals surface area contributed by atoms with Gasteiger partial charge < -0.3 is 15.4 Å². The van der Waals surface area contributed by atoms with E-state index in [-0.39, 0.29) is 5.82 Å². The maximum Gasteiger partial charge on any atom is 0.123 e. The van der Waals surface area contributed by atoms with Crippen LogP contribution in [0.1, 0.15) is 18.4 Å². The van der Waals surface area contributed by atoms with Crippen molar-refractivity contribution in [2.45, 2.75) is 19.3 Å². The Morgan fingerprint density at radius 3 is 2.89 bits per heavy atom. The van der Waals surface area contributed by atoms with E-state index in [2.05, 4.69) is 10.6 Å². The Hall–Kier alpha value is -1.13. The summed E-state index contributed by atoms with van der Waals surface area (Å²) in [5, 5.41) is 6.83. The van der Waals surface area contributed by atoms with Crippen molar-refractivity contribution in [3.8, 4) is 5.75 Å². The highest BCUT2D eigenvalue weighted by molar-refractivity contribution is 5.34. The van der Waals surface area contributed by atoms with E-state index < -0.39 is 0 Å². The lowest BCUT2D eigenvalue weighted by atomic mass is 9.98. The third kappa shape index (κ3) is 4.48. The molecule has 0 atom stereocenters. The van der Waals surface area contributed by atoms with Crippen LogP contribution in [0.3, 0.4) is 0 Å². The molecule has 3 nitrogen and oxygen atoms in total. The van der Waals surface area contributed by atoms with Crippen LogP contribution in [-0.2, 0) is 6.42 Å². The molecule has 1 aliphatic rings. The topological polar surface area (TPSA) is 33.3 Å². The molecule has 0 saturated carbocycles. The second-order valence-electron chi connectivity index (χ2n) is 5.10. The van der Waals surface area contributed by atoms with E-state index >= 15 is 0 Å². The van der Waals surface area contributed by atoms with Crippen LogP contribution >= 0.6 is 0 Å². The van der Waals surface area contributed by atoms with Crippen LogP contribution < -0.4 is 15.4 Å². The Bertz CT molecular complexity index is 392. The van der Waals surface area contributed by atoms with Crippen LogP contribution in [0.15, 0.2) is 18.2 Å². The quantitative estimate of drug-likeness (QED) is 0.772. The lowest BCUT2D eigenvalue weighted by Crippen LogP contribution is -2.34. The molecule has 1 aromatic carbocycles. The zero-order chi connectivity index (χ0) is 13.5. The fraction of sp³-hybridized carbons (Fsp3) is 0.600. The summed E-state index contributed by atoms with van der Waals surface area (Å²) in [6, 6.07) is 4.69. The van der Waals surface area contributed by atoms with Gasteiger partial charge in [0.25, 0.3) is 0 Å². The lowest BCUT2D eigenvalue weighted by Gasteiger charge is -2.22. The summed E-state index contributed by atoms with van der Waals surface area (Å²) in [6.45, 7) is 4.18. The Morgan fingerprint density at radius 1 is 1.37 bits per heavy atom. The molecule has 19 heavy (non-hydrogen) atoms. The van der Waals surface area contributed by atoms with Crippen molar-refractivity contribution in [3.05, 3.63) is 29.6 Å². The fourth-order valence-electron chi connectivity index (χ4n) is 2.56. The number of hydrogen-bond acceptors (Lipinski definition) is 3. The van der Waals surface area contributed by atoms with Crippen molar-refractivity contribution >= 4 is 0 Å². The van der Waals surface area contributed by atoms with Crippen LogP contribution in [0.5, 0.6) is 5.75 Å². The summed E-state index contributed by atoms with van der Waals surface area (Å²) in [7, 11) is 1.62. The molecule has 4 heteroatoms. The number of halogens is 1. The largest absolute Gasteiger partial charge is 0.496 e. The standard InChI is InChI=1S/C15H23FN2O/c1-19-15-3-2-14(16)10-13(15)6-9-18-11-12-4-7-17-8-5-12/h2-3,10,12,17-18H,4-9,11H2,1H3. The molecule has 0 spiro atoms. The number of hydrogen-bond donors (Lipinski definition) is 2. The Balaban J connectivity index is 1.74. The molecule has 1 fully saturated rings. The van der Waals surface area contributed by atoms with E-state index in [9.17, 15) is 4.39 Å². The molecule has 1 heterocycles. The molecular weight excluding hydrogens is 243 g/mol. The van der Waals surface area contributed by atoms with Gasteiger partial charge in [0.05, 0.1) is 7.11 Å². The van der Waals surface area contributed by atoms with E-state index in [1.54, 1.807) is 19.2 Å². The third-order valence-corrected chi connectivity index (χ3v) is 3.71. The summed E-state index contributed by atoms with van der Waals surface area (Å²) in [5.41, 5.74) is 0.931. The molecule has 0 radical (unpaired) electrons. The van der Waals surface area contributed by atoms with Crippen molar-refractivity contribution in [3.63, 3.8) is 0 Å². The number of piperidine rings is 1. The van der Waals surface area contributed by atoms with Crippen LogP contribution in [0.25, 0.3) is 0 Å². The van der Waals surface area contributed by atoms with Crippen molar-refractivity contribution in [1.29, 1.82) is 0 Å². The van der Waals surface area contributed by atoms with Gasteiger partial charge in [-0.2, -0.15) is 0 Å². The summed E-state index contributed by atoms with van der Waals surface area (Å²) < 4.78 is 18.4. The maximum absolute atomic E-state index is 13.2. The highest BCUT2D eigenvalue weighted by Gasteiger charge is 2.12. The molecule has 1 saturated heterocycles. The number of methoxy groups -OCH3 is 1. The predicted octanol–water partition coefficient (Wildman–Crippen LogP) is 1.97. The maximum atomic E-state index is 13.2. The van der Waals surface area contributed by atoms with Gasteiger partial charge in [-0.25, -0.2) is 4.39 Å². The minimum absolute atomic E-state index is 0.200. The van der Waals surface area contributed by atoms with Gasteiger partial charge in [0.2, 0.25) is 0 Å². The highest BCUT2D eigenvalue weighted by atomic mass is 19.1. The van der Waals surface area contributed by atoms with Crippen LogP contribution in [0.4, 0.5) is 4.39 Å². The average Bonchev–Trinajstić information content (AvgIpc) is 2.45. The van der Waals surface area contributed by atoms with Gasteiger partial charge in [-0.1, -0.05) is 0 Å². The summed E-state index contributed by atoms with van der Waals surface area (Å²) in [5.74, 6) is 1.34. The first-order chi connectivity index (χ1) is 9.29. The smallest absolute Gasteiger partial charge is 0.123 e. The van der Waals surface area contributed by atoms with Crippen LogP contribution in [0, 0.1) is 11.7 Å². The minimum Gasteiger partial charge on any atom is -0.496 e. The van der Waals surface area contributed by atoms with Gasteiger partial charge in [0.1, 0.15) is 11.6 Å². The Kier molecular flexibility index (Phi) is 5.61. The SMILES string of the molecule is COc1ccc(F)cc1CCNCC1CCNCC1. The van der Waals surface area contributed by atoms with E-state index in [1.807, 2.05) is 0 Å². The molecule has 1 aromatic rings. The first-order valence-electron chi connectivity index (χ1n) is 7.03.